The maximum atomic E-state index is 12.6. The molecule has 0 spiro atoms. The highest BCUT2D eigenvalue weighted by atomic mass is 16.2. The van der Waals surface area contributed by atoms with E-state index in [9.17, 15) is 14.4 Å². The third-order valence-corrected chi connectivity index (χ3v) is 5.21. The number of hydrogen-bond acceptors (Lipinski definition) is 4. The molecule has 3 heterocycles. The van der Waals surface area contributed by atoms with E-state index in [1.165, 1.54) is 4.90 Å². The first-order valence-corrected chi connectivity index (χ1v) is 9.95. The summed E-state index contributed by atoms with van der Waals surface area (Å²) in [7, 11) is 0. The lowest BCUT2D eigenvalue weighted by atomic mass is 10.1. The molecule has 1 aliphatic rings. The van der Waals surface area contributed by atoms with Gasteiger partial charge >= 0.3 is 6.03 Å². The number of fused-ring (bicyclic) bond motifs is 1. The summed E-state index contributed by atoms with van der Waals surface area (Å²) >= 11 is 0. The molecule has 0 bridgehead atoms. The van der Waals surface area contributed by atoms with Crippen LogP contribution >= 0.6 is 0 Å². The van der Waals surface area contributed by atoms with E-state index >= 15 is 0 Å². The minimum Gasteiger partial charge on any atom is -0.361 e. The number of hydrogen-bond donors (Lipinski definition) is 3. The van der Waals surface area contributed by atoms with Gasteiger partial charge in [0.05, 0.1) is 6.42 Å². The highest BCUT2D eigenvalue weighted by molar-refractivity contribution is 6.05. The Kier molecular flexibility index (Phi) is 5.74. The Labute approximate surface area is 173 Å². The summed E-state index contributed by atoms with van der Waals surface area (Å²) in [6, 6.07) is 12.2. The molecule has 1 aromatic carbocycles. The van der Waals surface area contributed by atoms with E-state index in [1.54, 1.807) is 6.20 Å². The Morgan fingerprint density at radius 1 is 1.10 bits per heavy atom. The molecular formula is C22H23N5O3. The van der Waals surface area contributed by atoms with Crippen molar-refractivity contribution in [3.05, 3.63) is 66.1 Å². The minimum atomic E-state index is -0.824. The van der Waals surface area contributed by atoms with Gasteiger partial charge in [0.1, 0.15) is 6.04 Å². The number of H-pyrrole nitrogens is 1. The number of nitrogens with zero attached hydrogens (tertiary/aromatic N) is 2. The molecule has 0 aliphatic carbocycles. The maximum absolute atomic E-state index is 12.6. The lowest BCUT2D eigenvalue weighted by Gasteiger charge is -2.12. The molecule has 3 N–H and O–H groups in total. The molecule has 8 nitrogen and oxygen atoms in total. The Balaban J connectivity index is 1.27. The predicted octanol–water partition coefficient (Wildman–Crippen LogP) is 1.77. The average Bonchev–Trinajstić information content (AvgIpc) is 3.28. The summed E-state index contributed by atoms with van der Waals surface area (Å²) in [6.45, 7) is 0.694. The molecule has 8 heteroatoms. The zero-order chi connectivity index (χ0) is 20.9. The highest BCUT2D eigenvalue weighted by Crippen LogP contribution is 2.19. The molecule has 154 valence electrons. The Bertz CT molecular complexity index is 1060. The van der Waals surface area contributed by atoms with E-state index in [2.05, 4.69) is 20.6 Å². The van der Waals surface area contributed by atoms with Crippen molar-refractivity contribution in [2.24, 2.45) is 0 Å². The van der Waals surface area contributed by atoms with Crippen molar-refractivity contribution in [1.82, 2.24) is 25.5 Å². The fraction of sp³-hybridized carbons (Fsp3) is 0.273. The molecule has 2 aromatic heterocycles. The number of aromatic amines is 1. The van der Waals surface area contributed by atoms with Crippen molar-refractivity contribution in [2.75, 3.05) is 13.1 Å². The lowest BCUT2D eigenvalue weighted by Crippen LogP contribution is -2.37. The van der Waals surface area contributed by atoms with E-state index in [4.69, 9.17) is 0 Å². The van der Waals surface area contributed by atoms with Crippen LogP contribution in [0.25, 0.3) is 10.9 Å². The van der Waals surface area contributed by atoms with Crippen LogP contribution in [0.5, 0.6) is 0 Å². The Morgan fingerprint density at radius 2 is 1.93 bits per heavy atom. The topological polar surface area (TPSA) is 107 Å². The molecule has 1 fully saturated rings. The smallest absolute Gasteiger partial charge is 0.324 e. The number of carbonyl (C=O) groups is 3. The second kappa shape index (κ2) is 8.77. The zero-order valence-electron chi connectivity index (χ0n) is 16.4. The van der Waals surface area contributed by atoms with Gasteiger partial charge in [0.2, 0.25) is 5.91 Å². The number of rotatable bonds is 8. The van der Waals surface area contributed by atoms with Crippen molar-refractivity contribution in [3.8, 4) is 0 Å². The van der Waals surface area contributed by atoms with Gasteiger partial charge in [-0.2, -0.15) is 0 Å². The normalized spacial score (nSPS) is 16.1. The molecular weight excluding hydrogens is 382 g/mol. The minimum absolute atomic E-state index is 0.0730. The molecule has 1 aliphatic heterocycles. The van der Waals surface area contributed by atoms with E-state index in [-0.39, 0.29) is 24.8 Å². The van der Waals surface area contributed by atoms with Crippen LogP contribution in [0.4, 0.5) is 4.79 Å². The molecule has 0 saturated carbocycles. The first kappa shape index (κ1) is 19.6. The SMILES string of the molecule is O=C(CC1NC(=O)N(CCc2c[nH]c3ccccc23)C1=O)NCCc1ccccn1. The largest absolute Gasteiger partial charge is 0.361 e. The Morgan fingerprint density at radius 3 is 2.77 bits per heavy atom. The second-order valence-corrected chi connectivity index (χ2v) is 7.23. The number of carbonyl (C=O) groups excluding carboxylic acids is 3. The summed E-state index contributed by atoms with van der Waals surface area (Å²) < 4.78 is 0. The van der Waals surface area contributed by atoms with Gasteiger partial charge in [-0.25, -0.2) is 4.79 Å². The fourth-order valence-electron chi connectivity index (χ4n) is 3.63. The van der Waals surface area contributed by atoms with Crippen molar-refractivity contribution < 1.29 is 14.4 Å². The van der Waals surface area contributed by atoms with Crippen LogP contribution in [0.1, 0.15) is 17.7 Å². The third-order valence-electron chi connectivity index (χ3n) is 5.21. The van der Waals surface area contributed by atoms with Gasteiger partial charge in [-0.15, -0.1) is 0 Å². The summed E-state index contributed by atoms with van der Waals surface area (Å²) in [5, 5.41) is 6.47. The quantitative estimate of drug-likeness (QED) is 0.497. The van der Waals surface area contributed by atoms with E-state index in [0.717, 1.165) is 22.2 Å². The molecule has 1 atom stereocenters. The van der Waals surface area contributed by atoms with Crippen molar-refractivity contribution in [3.63, 3.8) is 0 Å². The van der Waals surface area contributed by atoms with Crippen LogP contribution in [0.3, 0.4) is 0 Å². The number of aromatic nitrogens is 2. The molecule has 3 aromatic rings. The number of amides is 4. The average molecular weight is 405 g/mol. The molecule has 1 unspecified atom stereocenters. The number of nitrogens with one attached hydrogen (secondary N) is 3. The van der Waals surface area contributed by atoms with E-state index in [1.807, 2.05) is 48.7 Å². The molecule has 1 saturated heterocycles. The summed E-state index contributed by atoms with van der Waals surface area (Å²) in [5.74, 6) is -0.636. The van der Waals surface area contributed by atoms with Crippen LogP contribution < -0.4 is 10.6 Å². The lowest BCUT2D eigenvalue weighted by molar-refractivity contribution is -0.130. The number of imide groups is 1. The molecule has 0 radical (unpaired) electrons. The van der Waals surface area contributed by atoms with Gasteiger partial charge in [-0.05, 0) is 30.2 Å². The van der Waals surface area contributed by atoms with Gasteiger partial charge in [0, 0.05) is 48.5 Å². The highest BCUT2D eigenvalue weighted by Gasteiger charge is 2.38. The molecule has 4 amide bonds. The molecule has 30 heavy (non-hydrogen) atoms. The summed E-state index contributed by atoms with van der Waals surface area (Å²) in [4.78, 5) is 45.6. The second-order valence-electron chi connectivity index (χ2n) is 7.23. The molecule has 4 rings (SSSR count). The van der Waals surface area contributed by atoms with Crippen molar-refractivity contribution in [2.45, 2.75) is 25.3 Å². The van der Waals surface area contributed by atoms with Crippen LogP contribution in [0, 0.1) is 0 Å². The summed E-state index contributed by atoms with van der Waals surface area (Å²) in [5.41, 5.74) is 2.94. The number of urea groups is 1. The Hall–Kier alpha value is -3.68. The van der Waals surface area contributed by atoms with Gasteiger partial charge in [0.25, 0.3) is 5.91 Å². The van der Waals surface area contributed by atoms with Crippen molar-refractivity contribution in [1.29, 1.82) is 0 Å². The summed E-state index contributed by atoms with van der Waals surface area (Å²) in [6.07, 6.45) is 4.68. The first-order chi connectivity index (χ1) is 14.6. The van der Waals surface area contributed by atoms with Crippen LogP contribution in [-0.4, -0.2) is 51.8 Å². The van der Waals surface area contributed by atoms with Gasteiger partial charge in [0.15, 0.2) is 0 Å². The van der Waals surface area contributed by atoms with Gasteiger partial charge < -0.3 is 15.6 Å². The number of pyridine rings is 1. The fourth-order valence-corrected chi connectivity index (χ4v) is 3.63. The number of benzene rings is 1. The number of para-hydroxylation sites is 1. The first-order valence-electron chi connectivity index (χ1n) is 9.95. The van der Waals surface area contributed by atoms with Crippen molar-refractivity contribution >= 4 is 28.7 Å². The van der Waals surface area contributed by atoms with Crippen LogP contribution in [0.2, 0.25) is 0 Å². The van der Waals surface area contributed by atoms with E-state index in [0.29, 0.717) is 19.4 Å². The van der Waals surface area contributed by atoms with Crippen LogP contribution in [-0.2, 0) is 22.4 Å². The standard InChI is InChI=1S/C22H23N5O3/c28-20(24-11-8-16-5-3-4-10-23-16)13-19-21(29)27(22(30)26-19)12-9-15-14-25-18-7-2-1-6-17(15)18/h1-7,10,14,19,25H,8-9,11-13H2,(H,24,28)(H,26,30). The van der Waals surface area contributed by atoms with Gasteiger partial charge in [-0.1, -0.05) is 24.3 Å². The zero-order valence-corrected chi connectivity index (χ0v) is 16.4. The van der Waals surface area contributed by atoms with Gasteiger partial charge in [-0.3, -0.25) is 19.5 Å². The maximum Gasteiger partial charge on any atom is 0.324 e. The van der Waals surface area contributed by atoms with E-state index < -0.39 is 12.1 Å². The van der Waals surface area contributed by atoms with Crippen LogP contribution in [0.15, 0.2) is 54.9 Å². The monoisotopic (exact) mass is 405 g/mol. The predicted molar refractivity (Wildman–Crippen MR) is 112 cm³/mol. The third kappa shape index (κ3) is 4.32.